The van der Waals surface area contributed by atoms with Crippen LogP contribution >= 0.6 is 0 Å². The van der Waals surface area contributed by atoms with Crippen LogP contribution < -0.4 is 5.32 Å². The second-order valence-corrected chi connectivity index (χ2v) is 7.73. The molecule has 1 saturated heterocycles. The van der Waals surface area contributed by atoms with Crippen LogP contribution in [0, 0.1) is 5.92 Å². The third-order valence-corrected chi connectivity index (χ3v) is 5.61. The molecule has 2 aromatic carbocycles. The second-order valence-electron chi connectivity index (χ2n) is 7.73. The summed E-state index contributed by atoms with van der Waals surface area (Å²) < 4.78 is 39.3. The number of nitrogens with one attached hydrogen (secondary N) is 1. The van der Waals surface area contributed by atoms with Gasteiger partial charge in [-0.15, -0.1) is 0 Å². The average Bonchev–Trinajstić information content (AvgIpc) is 2.73. The Morgan fingerprint density at radius 2 is 1.77 bits per heavy atom. The van der Waals surface area contributed by atoms with Crippen LogP contribution in [0.15, 0.2) is 54.6 Å². The van der Waals surface area contributed by atoms with Crippen LogP contribution in [0.4, 0.5) is 13.2 Å². The van der Waals surface area contributed by atoms with E-state index in [-0.39, 0.29) is 24.4 Å². The Bertz CT molecular complexity index is 899. The first kappa shape index (κ1) is 21.9. The first-order valence-electron chi connectivity index (χ1n) is 9.96. The van der Waals surface area contributed by atoms with Gasteiger partial charge in [0, 0.05) is 13.5 Å². The van der Waals surface area contributed by atoms with Gasteiger partial charge >= 0.3 is 6.18 Å². The molecule has 1 fully saturated rings. The van der Waals surface area contributed by atoms with Crippen molar-refractivity contribution in [2.24, 2.45) is 5.92 Å². The molecular formula is C23H25F3N2O2. The molecule has 2 aromatic rings. The van der Waals surface area contributed by atoms with E-state index in [1.807, 2.05) is 37.3 Å². The zero-order valence-electron chi connectivity index (χ0n) is 16.9. The molecule has 0 aliphatic carbocycles. The fourth-order valence-electron chi connectivity index (χ4n) is 3.96. The number of carbonyl (C=O) groups is 2. The Hall–Kier alpha value is -2.83. The number of hydrogen-bond acceptors (Lipinski definition) is 2. The lowest BCUT2D eigenvalue weighted by Crippen LogP contribution is -2.46. The molecule has 2 amide bonds. The van der Waals surface area contributed by atoms with Gasteiger partial charge in [-0.2, -0.15) is 13.2 Å². The Labute approximate surface area is 174 Å². The number of rotatable bonds is 4. The summed E-state index contributed by atoms with van der Waals surface area (Å²) in [4.78, 5) is 26.5. The minimum atomic E-state index is -4.44. The van der Waals surface area contributed by atoms with E-state index in [2.05, 4.69) is 5.32 Å². The van der Waals surface area contributed by atoms with Crippen LogP contribution in [0.1, 0.15) is 55.5 Å². The molecule has 0 aromatic heterocycles. The lowest BCUT2D eigenvalue weighted by atomic mass is 9.87. The molecule has 0 spiro atoms. The molecule has 1 aliphatic rings. The monoisotopic (exact) mass is 418 g/mol. The lowest BCUT2D eigenvalue weighted by Gasteiger charge is -2.39. The summed E-state index contributed by atoms with van der Waals surface area (Å²) >= 11 is 0. The largest absolute Gasteiger partial charge is 0.416 e. The highest BCUT2D eigenvalue weighted by Gasteiger charge is 2.36. The van der Waals surface area contributed by atoms with E-state index < -0.39 is 23.7 Å². The average molecular weight is 418 g/mol. The topological polar surface area (TPSA) is 49.4 Å². The highest BCUT2D eigenvalue weighted by atomic mass is 19.4. The third-order valence-electron chi connectivity index (χ3n) is 5.61. The third kappa shape index (κ3) is 5.01. The molecule has 0 saturated carbocycles. The molecule has 3 unspecified atom stereocenters. The Morgan fingerprint density at radius 1 is 1.07 bits per heavy atom. The van der Waals surface area contributed by atoms with E-state index >= 15 is 0 Å². The van der Waals surface area contributed by atoms with Crippen LogP contribution in [-0.2, 0) is 15.8 Å². The standard InChI is InChI=1S/C23H25F3N2O2/c1-15(17-7-4-3-5-8-17)27-22(30)19-11-12-21(28(14-19)16(2)29)18-9-6-10-20(13-18)23(24,25)26/h3-10,13,15,19,21H,11-12,14H2,1-2H3,(H,27,30). The fourth-order valence-corrected chi connectivity index (χ4v) is 3.96. The predicted molar refractivity (Wildman–Crippen MR) is 107 cm³/mol. The van der Waals surface area contributed by atoms with Crippen molar-refractivity contribution >= 4 is 11.8 Å². The predicted octanol–water partition coefficient (Wildman–Crippen LogP) is 4.88. The number of amides is 2. The Kier molecular flexibility index (Phi) is 6.48. The maximum absolute atomic E-state index is 13.1. The zero-order valence-corrected chi connectivity index (χ0v) is 16.9. The minimum Gasteiger partial charge on any atom is -0.349 e. The van der Waals surface area contributed by atoms with Crippen LogP contribution in [0.5, 0.6) is 0 Å². The van der Waals surface area contributed by atoms with Gasteiger partial charge in [-0.25, -0.2) is 0 Å². The van der Waals surface area contributed by atoms with Gasteiger partial charge in [-0.1, -0.05) is 42.5 Å². The number of halogens is 3. The van der Waals surface area contributed by atoms with Crippen molar-refractivity contribution in [3.8, 4) is 0 Å². The minimum absolute atomic E-state index is 0.153. The van der Waals surface area contributed by atoms with E-state index in [4.69, 9.17) is 0 Å². The van der Waals surface area contributed by atoms with Gasteiger partial charge in [0.05, 0.1) is 23.6 Å². The number of alkyl halides is 3. The first-order chi connectivity index (χ1) is 14.2. The summed E-state index contributed by atoms with van der Waals surface area (Å²) in [5.41, 5.74) is 0.684. The van der Waals surface area contributed by atoms with Crippen molar-refractivity contribution < 1.29 is 22.8 Å². The fraction of sp³-hybridized carbons (Fsp3) is 0.391. The highest BCUT2D eigenvalue weighted by Crippen LogP contribution is 2.37. The van der Waals surface area contributed by atoms with Gasteiger partial charge in [0.2, 0.25) is 11.8 Å². The van der Waals surface area contributed by atoms with Crippen molar-refractivity contribution in [1.82, 2.24) is 10.2 Å². The number of piperidine rings is 1. The van der Waals surface area contributed by atoms with Crippen LogP contribution in [-0.4, -0.2) is 23.3 Å². The van der Waals surface area contributed by atoms with Crippen molar-refractivity contribution in [2.75, 3.05) is 6.54 Å². The maximum atomic E-state index is 13.1. The number of benzene rings is 2. The van der Waals surface area contributed by atoms with Gasteiger partial charge in [0.15, 0.2) is 0 Å². The molecule has 0 bridgehead atoms. The van der Waals surface area contributed by atoms with Crippen LogP contribution in [0.3, 0.4) is 0 Å². The molecule has 1 heterocycles. The molecule has 1 aliphatic heterocycles. The van der Waals surface area contributed by atoms with E-state index in [9.17, 15) is 22.8 Å². The molecule has 30 heavy (non-hydrogen) atoms. The molecule has 0 radical (unpaired) electrons. The highest BCUT2D eigenvalue weighted by molar-refractivity contribution is 5.81. The number of hydrogen-bond donors (Lipinski definition) is 1. The Balaban J connectivity index is 1.73. The smallest absolute Gasteiger partial charge is 0.349 e. The first-order valence-corrected chi connectivity index (χ1v) is 9.96. The summed E-state index contributed by atoms with van der Waals surface area (Å²) in [6.07, 6.45) is -3.52. The zero-order chi connectivity index (χ0) is 21.9. The normalized spacial score (nSPS) is 20.5. The summed E-state index contributed by atoms with van der Waals surface area (Å²) in [5.74, 6) is -0.812. The summed E-state index contributed by atoms with van der Waals surface area (Å²) in [5, 5.41) is 2.98. The van der Waals surface area contributed by atoms with Crippen LogP contribution in [0.25, 0.3) is 0 Å². The number of likely N-dealkylation sites (tertiary alicyclic amines) is 1. The van der Waals surface area contributed by atoms with Crippen molar-refractivity contribution in [2.45, 2.75) is 44.9 Å². The molecular weight excluding hydrogens is 393 g/mol. The van der Waals surface area contributed by atoms with E-state index in [0.29, 0.717) is 18.4 Å². The molecule has 3 atom stereocenters. The molecule has 7 heteroatoms. The van der Waals surface area contributed by atoms with Crippen LogP contribution in [0.2, 0.25) is 0 Å². The van der Waals surface area contributed by atoms with Gasteiger partial charge in [-0.05, 0) is 43.0 Å². The number of carbonyl (C=O) groups excluding carboxylic acids is 2. The van der Waals surface area contributed by atoms with Crippen molar-refractivity contribution in [3.63, 3.8) is 0 Å². The summed E-state index contributed by atoms with van der Waals surface area (Å²) in [6, 6.07) is 14.0. The summed E-state index contributed by atoms with van der Waals surface area (Å²) in [7, 11) is 0. The van der Waals surface area contributed by atoms with E-state index in [1.165, 1.54) is 17.9 Å². The van der Waals surface area contributed by atoms with Crippen molar-refractivity contribution in [1.29, 1.82) is 0 Å². The van der Waals surface area contributed by atoms with E-state index in [1.54, 1.807) is 6.07 Å². The molecule has 160 valence electrons. The SMILES string of the molecule is CC(=O)N1CC(C(=O)NC(C)c2ccccc2)CCC1c1cccc(C(F)(F)F)c1. The van der Waals surface area contributed by atoms with Gasteiger partial charge in [-0.3, -0.25) is 9.59 Å². The van der Waals surface area contributed by atoms with Gasteiger partial charge < -0.3 is 10.2 Å². The van der Waals surface area contributed by atoms with E-state index in [0.717, 1.165) is 17.7 Å². The van der Waals surface area contributed by atoms with Gasteiger partial charge in [0.1, 0.15) is 0 Å². The van der Waals surface area contributed by atoms with Gasteiger partial charge in [0.25, 0.3) is 0 Å². The maximum Gasteiger partial charge on any atom is 0.416 e. The molecule has 1 N–H and O–H groups in total. The lowest BCUT2D eigenvalue weighted by molar-refractivity contribution is -0.137. The quantitative estimate of drug-likeness (QED) is 0.769. The second kappa shape index (κ2) is 8.90. The van der Waals surface area contributed by atoms with Crippen molar-refractivity contribution in [3.05, 3.63) is 71.3 Å². The molecule has 4 nitrogen and oxygen atoms in total. The number of nitrogens with zero attached hydrogens (tertiary/aromatic N) is 1. The Morgan fingerprint density at radius 3 is 2.40 bits per heavy atom. The summed E-state index contributed by atoms with van der Waals surface area (Å²) in [6.45, 7) is 3.46. The molecule has 3 rings (SSSR count).